The van der Waals surface area contributed by atoms with Crippen LogP contribution >= 0.6 is 11.8 Å². The highest BCUT2D eigenvalue weighted by Gasteiger charge is 2.21. The van der Waals surface area contributed by atoms with Crippen molar-refractivity contribution in [1.29, 1.82) is 0 Å². The first-order chi connectivity index (χ1) is 3.21. The minimum absolute atomic E-state index is 0.306. The largest absolute Gasteiger partial charge is 0.298 e. The Labute approximate surface area is 48.9 Å². The summed E-state index contributed by atoms with van der Waals surface area (Å²) < 4.78 is 0. The minimum atomic E-state index is 0.306. The lowest BCUT2D eigenvalue weighted by Gasteiger charge is -2.14. The van der Waals surface area contributed by atoms with Gasteiger partial charge in [-0.15, -0.1) is 11.8 Å². The minimum Gasteiger partial charge on any atom is -0.298 e. The average molecular weight is 116 g/mol. The van der Waals surface area contributed by atoms with Gasteiger partial charge in [-0.25, -0.2) is 0 Å². The molecule has 2 heteroatoms. The Morgan fingerprint density at radius 2 is 2.43 bits per heavy atom. The first-order valence-electron chi connectivity index (χ1n) is 2.44. The smallest absolute Gasteiger partial charge is 0.0591 e. The summed E-state index contributed by atoms with van der Waals surface area (Å²) in [4.78, 5) is 0.306. The lowest BCUT2D eigenvalue weighted by atomic mass is 10.4. The van der Waals surface area contributed by atoms with Crippen LogP contribution in [0.3, 0.4) is 0 Å². The molecule has 1 radical (unpaired) electrons. The monoisotopic (exact) mass is 116 g/mol. The zero-order valence-corrected chi connectivity index (χ0v) is 5.51. The first kappa shape index (κ1) is 5.45. The molecule has 0 bridgehead atoms. The Bertz CT molecular complexity index is 62.5. The van der Waals surface area contributed by atoms with Crippen molar-refractivity contribution >= 4 is 11.8 Å². The summed E-state index contributed by atoms with van der Waals surface area (Å²) in [6.45, 7) is 6.47. The molecule has 1 aliphatic heterocycles. The van der Waals surface area contributed by atoms with Gasteiger partial charge >= 0.3 is 0 Å². The predicted octanol–water partition coefficient (Wildman–Crippen LogP) is 1.22. The van der Waals surface area contributed by atoms with E-state index in [-0.39, 0.29) is 0 Å². The van der Waals surface area contributed by atoms with E-state index >= 15 is 0 Å². The Kier molecular flexibility index (Phi) is 1.30. The molecule has 1 rings (SSSR count). The van der Waals surface area contributed by atoms with Crippen molar-refractivity contribution < 1.29 is 0 Å². The summed E-state index contributed by atoms with van der Waals surface area (Å²) in [5.41, 5.74) is 0. The van der Waals surface area contributed by atoms with Gasteiger partial charge in [-0.3, -0.25) is 5.32 Å². The van der Waals surface area contributed by atoms with Crippen LogP contribution in [0, 0.1) is 6.54 Å². The summed E-state index contributed by atoms with van der Waals surface area (Å²) >= 11 is 1.93. The average Bonchev–Trinajstić information content (AvgIpc) is 1.84. The zero-order chi connectivity index (χ0) is 5.33. The van der Waals surface area contributed by atoms with Crippen molar-refractivity contribution in [2.45, 2.75) is 18.7 Å². The van der Waals surface area contributed by atoms with Crippen LogP contribution in [0.25, 0.3) is 0 Å². The van der Waals surface area contributed by atoms with Crippen LogP contribution in [-0.4, -0.2) is 10.6 Å². The van der Waals surface area contributed by atoms with Gasteiger partial charge in [-0.2, -0.15) is 0 Å². The van der Waals surface area contributed by atoms with Crippen LogP contribution in [0.15, 0.2) is 0 Å². The maximum Gasteiger partial charge on any atom is 0.0591 e. The van der Waals surface area contributed by atoms with Crippen molar-refractivity contribution in [2.75, 3.05) is 5.75 Å². The SMILES string of the molecule is CC1(C)N[CH]CS1. The van der Waals surface area contributed by atoms with E-state index in [1.54, 1.807) is 0 Å². The normalized spacial score (nSPS) is 28.3. The molecule has 7 heavy (non-hydrogen) atoms. The van der Waals surface area contributed by atoms with Crippen molar-refractivity contribution in [1.82, 2.24) is 5.32 Å². The van der Waals surface area contributed by atoms with Crippen LogP contribution in [0.1, 0.15) is 13.8 Å². The second-order valence-corrected chi connectivity index (χ2v) is 3.81. The van der Waals surface area contributed by atoms with E-state index in [4.69, 9.17) is 0 Å². The topological polar surface area (TPSA) is 12.0 Å². The molecule has 0 saturated carbocycles. The molecule has 0 aromatic carbocycles. The Morgan fingerprint density at radius 3 is 2.57 bits per heavy atom. The van der Waals surface area contributed by atoms with Gasteiger partial charge in [0.15, 0.2) is 0 Å². The van der Waals surface area contributed by atoms with Crippen LogP contribution in [0.5, 0.6) is 0 Å². The van der Waals surface area contributed by atoms with Crippen LogP contribution in [0.4, 0.5) is 0 Å². The quantitative estimate of drug-likeness (QED) is 0.510. The molecular formula is C5H10NS. The van der Waals surface area contributed by atoms with Gasteiger partial charge in [0.2, 0.25) is 0 Å². The van der Waals surface area contributed by atoms with Gasteiger partial charge < -0.3 is 0 Å². The maximum absolute atomic E-state index is 3.23. The van der Waals surface area contributed by atoms with E-state index in [0.717, 1.165) is 5.75 Å². The molecule has 1 fully saturated rings. The molecule has 1 saturated heterocycles. The van der Waals surface area contributed by atoms with E-state index in [0.29, 0.717) is 4.87 Å². The number of thioether (sulfide) groups is 1. The standard InChI is InChI=1S/C5H10NS/c1-5(2)6-3-4-7-5/h3,6H,4H2,1-2H3. The van der Waals surface area contributed by atoms with Gasteiger partial charge in [0.25, 0.3) is 0 Å². The number of nitrogens with one attached hydrogen (secondary N) is 1. The Balaban J connectivity index is 2.40. The van der Waals surface area contributed by atoms with E-state index in [1.165, 1.54) is 0 Å². The van der Waals surface area contributed by atoms with Crippen LogP contribution in [-0.2, 0) is 0 Å². The summed E-state index contributed by atoms with van der Waals surface area (Å²) in [5, 5.41) is 3.23. The Morgan fingerprint density at radius 1 is 1.71 bits per heavy atom. The van der Waals surface area contributed by atoms with Gasteiger partial charge in [-0.1, -0.05) is 0 Å². The van der Waals surface area contributed by atoms with E-state index in [2.05, 4.69) is 25.7 Å². The van der Waals surface area contributed by atoms with Gasteiger partial charge in [-0.05, 0) is 13.8 Å². The summed E-state index contributed by atoms with van der Waals surface area (Å²) in [7, 11) is 0. The van der Waals surface area contributed by atoms with E-state index in [1.807, 2.05) is 11.8 Å². The molecule has 41 valence electrons. The lowest BCUT2D eigenvalue weighted by molar-refractivity contribution is 0.633. The highest BCUT2D eigenvalue weighted by Crippen LogP contribution is 2.26. The molecule has 0 aromatic rings. The molecule has 0 unspecified atom stereocenters. The van der Waals surface area contributed by atoms with Crippen molar-refractivity contribution in [3.8, 4) is 0 Å². The molecule has 1 nitrogen and oxygen atoms in total. The summed E-state index contributed by atoms with van der Waals surface area (Å²) in [6, 6.07) is 0. The summed E-state index contributed by atoms with van der Waals surface area (Å²) in [5.74, 6) is 1.15. The number of rotatable bonds is 0. The number of hydrogen-bond acceptors (Lipinski definition) is 2. The van der Waals surface area contributed by atoms with E-state index in [9.17, 15) is 0 Å². The maximum atomic E-state index is 3.23. The van der Waals surface area contributed by atoms with Crippen LogP contribution < -0.4 is 5.32 Å². The second kappa shape index (κ2) is 1.67. The molecule has 1 heterocycles. The fraction of sp³-hybridized carbons (Fsp3) is 0.800. The van der Waals surface area contributed by atoms with Gasteiger partial charge in [0, 0.05) is 12.3 Å². The highest BCUT2D eigenvalue weighted by molar-refractivity contribution is 8.00. The molecular weight excluding hydrogens is 106 g/mol. The predicted molar refractivity (Wildman–Crippen MR) is 34.0 cm³/mol. The third-order valence-electron chi connectivity index (χ3n) is 0.977. The van der Waals surface area contributed by atoms with Gasteiger partial charge in [0.1, 0.15) is 0 Å². The molecule has 0 aromatic heterocycles. The fourth-order valence-corrected chi connectivity index (χ4v) is 1.33. The molecule has 1 N–H and O–H groups in total. The second-order valence-electron chi connectivity index (χ2n) is 2.17. The third kappa shape index (κ3) is 1.35. The molecule has 0 aliphatic carbocycles. The van der Waals surface area contributed by atoms with Crippen LogP contribution in [0.2, 0.25) is 0 Å². The zero-order valence-electron chi connectivity index (χ0n) is 4.69. The number of hydrogen-bond donors (Lipinski definition) is 1. The molecule has 1 aliphatic rings. The third-order valence-corrected chi connectivity index (χ3v) is 2.15. The first-order valence-corrected chi connectivity index (χ1v) is 3.43. The lowest BCUT2D eigenvalue weighted by Crippen LogP contribution is -2.26. The van der Waals surface area contributed by atoms with Gasteiger partial charge in [0.05, 0.1) is 4.87 Å². The van der Waals surface area contributed by atoms with Crippen molar-refractivity contribution in [3.05, 3.63) is 6.54 Å². The molecule has 0 atom stereocenters. The Hall–Kier alpha value is 0.310. The fourth-order valence-electron chi connectivity index (χ4n) is 0.579. The van der Waals surface area contributed by atoms with Crippen molar-refractivity contribution in [2.24, 2.45) is 0 Å². The highest BCUT2D eigenvalue weighted by atomic mass is 32.2. The molecule has 0 spiro atoms. The summed E-state index contributed by atoms with van der Waals surface area (Å²) in [6.07, 6.45) is 0. The van der Waals surface area contributed by atoms with Crippen molar-refractivity contribution in [3.63, 3.8) is 0 Å². The molecule has 0 amide bonds. The van der Waals surface area contributed by atoms with E-state index < -0.39 is 0 Å².